The maximum absolute atomic E-state index is 12.2. The zero-order valence-electron chi connectivity index (χ0n) is 12.0. The highest BCUT2D eigenvalue weighted by molar-refractivity contribution is 5.77. The summed E-state index contributed by atoms with van der Waals surface area (Å²) in [5.74, 6) is 1.22. The molecule has 1 aromatic heterocycles. The number of hydrogen-bond acceptors (Lipinski definition) is 3. The van der Waals surface area contributed by atoms with Gasteiger partial charge in [-0.05, 0) is 31.4 Å². The Bertz CT molecular complexity index is 449. The van der Waals surface area contributed by atoms with E-state index in [2.05, 4.69) is 16.8 Å². The molecule has 2 aliphatic heterocycles. The molecule has 0 saturated carbocycles. The number of fused-ring (bicyclic) bond motifs is 2. The molecule has 3 rings (SSSR count). The quantitative estimate of drug-likeness (QED) is 0.848. The molecule has 4 heteroatoms. The van der Waals surface area contributed by atoms with Crippen LogP contribution >= 0.6 is 0 Å². The van der Waals surface area contributed by atoms with Crippen molar-refractivity contribution in [3.63, 3.8) is 0 Å². The summed E-state index contributed by atoms with van der Waals surface area (Å²) in [6.45, 7) is 2.07. The van der Waals surface area contributed by atoms with E-state index in [-0.39, 0.29) is 6.10 Å². The number of pyridine rings is 1. The van der Waals surface area contributed by atoms with Gasteiger partial charge in [0.1, 0.15) is 11.9 Å². The molecule has 4 nitrogen and oxygen atoms in total. The number of carbonyl (C=O) groups excluding carboxylic acids is 1. The summed E-state index contributed by atoms with van der Waals surface area (Å²) in [6, 6.07) is 4.58. The molecule has 1 amide bonds. The lowest BCUT2D eigenvalue weighted by Gasteiger charge is -2.39. The lowest BCUT2D eigenvalue weighted by atomic mass is 9.99. The topological polar surface area (TPSA) is 42.4 Å². The van der Waals surface area contributed by atoms with Crippen molar-refractivity contribution in [3.05, 3.63) is 24.5 Å². The predicted octanol–water partition coefficient (Wildman–Crippen LogP) is 2.78. The molecule has 2 atom stereocenters. The first-order chi connectivity index (χ1) is 9.78. The van der Waals surface area contributed by atoms with Crippen LogP contribution in [0.15, 0.2) is 24.5 Å². The molecule has 2 unspecified atom stereocenters. The summed E-state index contributed by atoms with van der Waals surface area (Å²) in [7, 11) is 0. The summed E-state index contributed by atoms with van der Waals surface area (Å²) < 4.78 is 6.05. The molecule has 3 heterocycles. The molecule has 2 aliphatic rings. The molecule has 0 aromatic carbocycles. The van der Waals surface area contributed by atoms with E-state index in [9.17, 15) is 4.79 Å². The Labute approximate surface area is 120 Å². The molecule has 0 N–H and O–H groups in total. The molecular weight excluding hydrogens is 252 g/mol. The van der Waals surface area contributed by atoms with Crippen LogP contribution in [0, 0.1) is 0 Å². The molecule has 2 fully saturated rings. The minimum atomic E-state index is 0.237. The monoisotopic (exact) mass is 274 g/mol. The van der Waals surface area contributed by atoms with Gasteiger partial charge in [0.25, 0.3) is 0 Å². The highest BCUT2D eigenvalue weighted by atomic mass is 16.5. The average Bonchev–Trinajstić information content (AvgIpc) is 2.72. The fourth-order valence-corrected chi connectivity index (χ4v) is 3.58. The number of rotatable bonds is 4. The number of nitrogens with zero attached hydrogens (tertiary/aromatic N) is 2. The largest absolute Gasteiger partial charge is 0.490 e. The van der Waals surface area contributed by atoms with E-state index in [0.717, 1.165) is 37.9 Å². The maximum atomic E-state index is 12.2. The van der Waals surface area contributed by atoms with Gasteiger partial charge >= 0.3 is 0 Å². The van der Waals surface area contributed by atoms with Gasteiger partial charge in [-0.2, -0.15) is 0 Å². The second-order valence-electron chi connectivity index (χ2n) is 5.83. The Morgan fingerprint density at radius 2 is 1.95 bits per heavy atom. The normalized spacial score (nSPS) is 28.4. The summed E-state index contributed by atoms with van der Waals surface area (Å²) in [5, 5.41) is 0. The molecule has 108 valence electrons. The zero-order chi connectivity index (χ0) is 13.9. The number of carbonyl (C=O) groups is 1. The molecule has 0 aliphatic carbocycles. The van der Waals surface area contributed by atoms with Crippen LogP contribution in [-0.4, -0.2) is 34.0 Å². The van der Waals surface area contributed by atoms with Crippen LogP contribution in [0.2, 0.25) is 0 Å². The first-order valence-corrected chi connectivity index (χ1v) is 7.65. The summed E-state index contributed by atoms with van der Waals surface area (Å²) >= 11 is 0. The van der Waals surface area contributed by atoms with Crippen molar-refractivity contribution < 1.29 is 9.53 Å². The van der Waals surface area contributed by atoms with E-state index in [1.165, 1.54) is 0 Å². The van der Waals surface area contributed by atoms with Crippen LogP contribution in [0.25, 0.3) is 0 Å². The van der Waals surface area contributed by atoms with Crippen molar-refractivity contribution in [2.45, 2.75) is 63.6 Å². The number of aromatic nitrogens is 1. The van der Waals surface area contributed by atoms with Crippen molar-refractivity contribution in [1.82, 2.24) is 9.88 Å². The SMILES string of the molecule is CCCC(=O)N1C2CCC1CC(Oc1ccncc1)C2. The minimum Gasteiger partial charge on any atom is -0.490 e. The van der Waals surface area contributed by atoms with Crippen LogP contribution in [0.1, 0.15) is 45.4 Å². The summed E-state index contributed by atoms with van der Waals surface area (Å²) in [5.41, 5.74) is 0. The van der Waals surface area contributed by atoms with Crippen LogP contribution in [0.4, 0.5) is 0 Å². The van der Waals surface area contributed by atoms with Crippen LogP contribution in [0.5, 0.6) is 5.75 Å². The molecule has 1 aromatic rings. The van der Waals surface area contributed by atoms with Gasteiger partial charge in [-0.1, -0.05) is 6.92 Å². The van der Waals surface area contributed by atoms with Crippen molar-refractivity contribution in [2.24, 2.45) is 0 Å². The van der Waals surface area contributed by atoms with Gasteiger partial charge in [-0.15, -0.1) is 0 Å². The predicted molar refractivity (Wildman–Crippen MR) is 76.5 cm³/mol. The zero-order valence-corrected chi connectivity index (χ0v) is 12.0. The third-order valence-electron chi connectivity index (χ3n) is 4.39. The smallest absolute Gasteiger partial charge is 0.223 e. The van der Waals surface area contributed by atoms with Gasteiger partial charge in [-0.25, -0.2) is 0 Å². The van der Waals surface area contributed by atoms with Gasteiger partial charge in [-0.3, -0.25) is 9.78 Å². The van der Waals surface area contributed by atoms with Crippen LogP contribution < -0.4 is 4.74 Å². The summed E-state index contributed by atoms with van der Waals surface area (Å²) in [4.78, 5) is 18.4. The van der Waals surface area contributed by atoms with Crippen LogP contribution in [0.3, 0.4) is 0 Å². The van der Waals surface area contributed by atoms with E-state index < -0.39 is 0 Å². The third-order valence-corrected chi connectivity index (χ3v) is 4.39. The Hall–Kier alpha value is -1.58. The Morgan fingerprint density at radius 3 is 2.55 bits per heavy atom. The fraction of sp³-hybridized carbons (Fsp3) is 0.625. The van der Waals surface area contributed by atoms with E-state index in [1.807, 2.05) is 12.1 Å². The number of hydrogen-bond donors (Lipinski definition) is 0. The molecule has 2 saturated heterocycles. The van der Waals surface area contributed by atoms with Crippen molar-refractivity contribution in [1.29, 1.82) is 0 Å². The first-order valence-electron chi connectivity index (χ1n) is 7.65. The Balaban J connectivity index is 1.63. The Morgan fingerprint density at radius 1 is 1.30 bits per heavy atom. The molecule has 0 spiro atoms. The van der Waals surface area contributed by atoms with Crippen molar-refractivity contribution >= 4 is 5.91 Å². The first kappa shape index (κ1) is 13.4. The van der Waals surface area contributed by atoms with Crippen molar-refractivity contribution in [3.8, 4) is 5.75 Å². The standard InChI is InChI=1S/C16H22N2O2/c1-2-3-16(19)18-12-4-5-13(18)11-15(10-12)20-14-6-8-17-9-7-14/h6-9,12-13,15H,2-5,10-11H2,1H3. The number of ether oxygens (including phenoxy) is 1. The van der Waals surface area contributed by atoms with Gasteiger partial charge in [0.15, 0.2) is 0 Å². The van der Waals surface area contributed by atoms with E-state index >= 15 is 0 Å². The Kier molecular flexibility index (Phi) is 3.90. The second-order valence-corrected chi connectivity index (χ2v) is 5.83. The van der Waals surface area contributed by atoms with Gasteiger partial charge in [0.05, 0.1) is 0 Å². The van der Waals surface area contributed by atoms with Crippen LogP contribution in [-0.2, 0) is 4.79 Å². The van der Waals surface area contributed by atoms with E-state index in [4.69, 9.17) is 4.74 Å². The number of amides is 1. The number of piperidine rings is 1. The molecular formula is C16H22N2O2. The second kappa shape index (κ2) is 5.81. The lowest BCUT2D eigenvalue weighted by Crippen LogP contribution is -2.49. The molecule has 20 heavy (non-hydrogen) atoms. The molecule has 0 radical (unpaired) electrons. The average molecular weight is 274 g/mol. The fourth-order valence-electron chi connectivity index (χ4n) is 3.58. The highest BCUT2D eigenvalue weighted by Gasteiger charge is 2.43. The minimum absolute atomic E-state index is 0.237. The van der Waals surface area contributed by atoms with Gasteiger partial charge < -0.3 is 9.64 Å². The maximum Gasteiger partial charge on any atom is 0.223 e. The van der Waals surface area contributed by atoms with E-state index in [1.54, 1.807) is 12.4 Å². The van der Waals surface area contributed by atoms with Crippen molar-refractivity contribution in [2.75, 3.05) is 0 Å². The van der Waals surface area contributed by atoms with E-state index in [0.29, 0.717) is 24.4 Å². The highest BCUT2D eigenvalue weighted by Crippen LogP contribution is 2.37. The summed E-state index contributed by atoms with van der Waals surface area (Å²) in [6.07, 6.45) is 9.57. The third kappa shape index (κ3) is 2.65. The van der Waals surface area contributed by atoms with Gasteiger partial charge in [0.2, 0.25) is 5.91 Å². The van der Waals surface area contributed by atoms with Gasteiger partial charge in [0, 0.05) is 43.7 Å². The molecule has 2 bridgehead atoms. The lowest BCUT2D eigenvalue weighted by molar-refractivity contribution is -0.137.